The van der Waals surface area contributed by atoms with Crippen LogP contribution in [0.15, 0.2) is 73.2 Å². The number of imidazole rings is 1. The van der Waals surface area contributed by atoms with Crippen molar-refractivity contribution >= 4 is 22.7 Å². The second-order valence-corrected chi connectivity index (χ2v) is 5.78. The van der Waals surface area contributed by atoms with Crippen LogP contribution in [-0.4, -0.2) is 31.5 Å². The summed E-state index contributed by atoms with van der Waals surface area (Å²) in [6.45, 7) is 0. The number of aromatic amines is 1. The molecular formula is C20H14N4O2. The summed E-state index contributed by atoms with van der Waals surface area (Å²) in [6.07, 6.45) is 2.94. The number of hydrogen-bond donors (Lipinski definition) is 1. The lowest BCUT2D eigenvalue weighted by atomic mass is 9.89. The van der Waals surface area contributed by atoms with Gasteiger partial charge in [0.05, 0.1) is 6.20 Å². The van der Waals surface area contributed by atoms with Gasteiger partial charge in [-0.05, 0) is 0 Å². The highest BCUT2D eigenvalue weighted by atomic mass is 16.2. The zero-order valence-corrected chi connectivity index (χ0v) is 13.7. The van der Waals surface area contributed by atoms with E-state index >= 15 is 0 Å². The number of hydrogen-bond acceptors (Lipinski definition) is 5. The lowest BCUT2D eigenvalue weighted by molar-refractivity contribution is 0.0856. The first-order chi connectivity index (χ1) is 12.7. The Kier molecular flexibility index (Phi) is 4.07. The first-order valence-corrected chi connectivity index (χ1v) is 8.08. The minimum absolute atomic E-state index is 0.267. The Morgan fingerprint density at radius 2 is 1.42 bits per heavy atom. The SMILES string of the molecule is O=C(c1ccccc1)C(C(=O)c1ccccc1)c1nc2ncncc2[nH]1. The maximum atomic E-state index is 13.1. The summed E-state index contributed by atoms with van der Waals surface area (Å²) in [7, 11) is 0. The van der Waals surface area contributed by atoms with Crippen LogP contribution in [0.4, 0.5) is 0 Å². The second-order valence-electron chi connectivity index (χ2n) is 5.78. The van der Waals surface area contributed by atoms with E-state index < -0.39 is 5.92 Å². The average Bonchev–Trinajstić information content (AvgIpc) is 3.13. The molecule has 0 fully saturated rings. The van der Waals surface area contributed by atoms with Crippen molar-refractivity contribution in [3.63, 3.8) is 0 Å². The topological polar surface area (TPSA) is 88.6 Å². The third-order valence-corrected chi connectivity index (χ3v) is 4.09. The average molecular weight is 342 g/mol. The maximum absolute atomic E-state index is 13.1. The van der Waals surface area contributed by atoms with E-state index in [0.717, 1.165) is 0 Å². The Morgan fingerprint density at radius 3 is 1.96 bits per heavy atom. The second kappa shape index (κ2) is 6.68. The summed E-state index contributed by atoms with van der Waals surface area (Å²) in [5.41, 5.74) is 1.90. The van der Waals surface area contributed by atoms with Gasteiger partial charge in [0.25, 0.3) is 0 Å². The van der Waals surface area contributed by atoms with Crippen molar-refractivity contribution in [1.82, 2.24) is 19.9 Å². The van der Waals surface area contributed by atoms with Gasteiger partial charge in [-0.1, -0.05) is 60.7 Å². The van der Waals surface area contributed by atoms with E-state index in [4.69, 9.17) is 0 Å². The smallest absolute Gasteiger partial charge is 0.181 e. The van der Waals surface area contributed by atoms with Crippen molar-refractivity contribution in [3.05, 3.63) is 90.1 Å². The molecule has 6 nitrogen and oxygen atoms in total. The molecule has 0 spiro atoms. The molecule has 0 amide bonds. The Morgan fingerprint density at radius 1 is 0.846 bits per heavy atom. The van der Waals surface area contributed by atoms with Crippen LogP contribution in [0.2, 0.25) is 0 Å². The molecule has 2 aromatic carbocycles. The number of rotatable bonds is 5. The molecule has 2 aromatic heterocycles. The summed E-state index contributed by atoms with van der Waals surface area (Å²) < 4.78 is 0. The highest BCUT2D eigenvalue weighted by Crippen LogP contribution is 2.25. The zero-order chi connectivity index (χ0) is 17.9. The van der Waals surface area contributed by atoms with E-state index in [2.05, 4.69) is 19.9 Å². The van der Waals surface area contributed by atoms with E-state index in [0.29, 0.717) is 22.3 Å². The van der Waals surface area contributed by atoms with Crippen molar-refractivity contribution < 1.29 is 9.59 Å². The van der Waals surface area contributed by atoms with E-state index in [1.165, 1.54) is 6.33 Å². The van der Waals surface area contributed by atoms with E-state index in [1.54, 1.807) is 54.7 Å². The lowest BCUT2D eigenvalue weighted by Crippen LogP contribution is -2.23. The number of nitrogens with one attached hydrogen (secondary N) is 1. The van der Waals surface area contributed by atoms with Crippen LogP contribution in [0.5, 0.6) is 0 Å². The van der Waals surface area contributed by atoms with Crippen LogP contribution in [0.25, 0.3) is 11.2 Å². The third-order valence-electron chi connectivity index (χ3n) is 4.09. The number of H-pyrrole nitrogens is 1. The van der Waals surface area contributed by atoms with Gasteiger partial charge in [0, 0.05) is 11.1 Å². The summed E-state index contributed by atoms with van der Waals surface area (Å²) >= 11 is 0. The summed E-state index contributed by atoms with van der Waals surface area (Å²) in [6, 6.07) is 17.5. The van der Waals surface area contributed by atoms with Gasteiger partial charge in [-0.15, -0.1) is 0 Å². The Labute approximate surface area is 149 Å². The maximum Gasteiger partial charge on any atom is 0.181 e. The molecule has 0 unspecified atom stereocenters. The number of ketones is 2. The van der Waals surface area contributed by atoms with Crippen molar-refractivity contribution in [1.29, 1.82) is 0 Å². The van der Waals surface area contributed by atoms with Crippen molar-refractivity contribution in [2.24, 2.45) is 0 Å². The molecule has 0 atom stereocenters. The number of benzene rings is 2. The van der Waals surface area contributed by atoms with E-state index in [-0.39, 0.29) is 17.4 Å². The number of Topliss-reactive ketones (excluding diaryl/α,β-unsaturated/α-hetero) is 2. The van der Waals surface area contributed by atoms with Gasteiger partial charge in [0.2, 0.25) is 0 Å². The first kappa shape index (κ1) is 15.8. The van der Waals surface area contributed by atoms with Crippen LogP contribution in [0, 0.1) is 0 Å². The standard InChI is InChI=1S/C20H14N4O2/c25-17(13-7-3-1-4-8-13)16(18(26)14-9-5-2-6-10-14)20-23-15-11-21-12-22-19(15)24-20/h1-12,16H,(H,21,22,23,24). The van der Waals surface area contributed by atoms with E-state index in [1.807, 2.05) is 12.1 Å². The minimum atomic E-state index is -1.08. The van der Waals surface area contributed by atoms with Crippen molar-refractivity contribution in [2.45, 2.75) is 5.92 Å². The molecule has 6 heteroatoms. The lowest BCUT2D eigenvalue weighted by Gasteiger charge is -2.13. The number of carbonyl (C=O) groups is 2. The number of fused-ring (bicyclic) bond motifs is 1. The monoisotopic (exact) mass is 342 g/mol. The molecule has 0 radical (unpaired) electrons. The molecule has 4 aromatic rings. The van der Waals surface area contributed by atoms with Crippen molar-refractivity contribution in [3.8, 4) is 0 Å². The predicted molar refractivity (Wildman–Crippen MR) is 96.0 cm³/mol. The van der Waals surface area contributed by atoms with Gasteiger partial charge in [-0.25, -0.2) is 15.0 Å². The molecule has 0 saturated carbocycles. The largest absolute Gasteiger partial charge is 0.338 e. The summed E-state index contributed by atoms with van der Waals surface area (Å²) in [5.74, 6) is -1.44. The van der Waals surface area contributed by atoms with Crippen molar-refractivity contribution in [2.75, 3.05) is 0 Å². The van der Waals surface area contributed by atoms with Crippen LogP contribution < -0.4 is 0 Å². The first-order valence-electron chi connectivity index (χ1n) is 8.08. The van der Waals surface area contributed by atoms with E-state index in [9.17, 15) is 9.59 Å². The number of aromatic nitrogens is 4. The molecule has 1 N–H and O–H groups in total. The highest BCUT2D eigenvalue weighted by molar-refractivity contribution is 6.19. The quantitative estimate of drug-likeness (QED) is 0.444. The molecule has 0 aliphatic heterocycles. The fraction of sp³-hybridized carbons (Fsp3) is 0.0500. The molecule has 0 saturated heterocycles. The molecule has 2 heterocycles. The molecular weight excluding hydrogens is 328 g/mol. The number of carbonyl (C=O) groups excluding carboxylic acids is 2. The van der Waals surface area contributed by atoms with Gasteiger partial charge in [-0.2, -0.15) is 0 Å². The van der Waals surface area contributed by atoms with Crippen LogP contribution in [0.1, 0.15) is 32.5 Å². The van der Waals surface area contributed by atoms with Crippen LogP contribution >= 0.6 is 0 Å². The Hall–Kier alpha value is -3.67. The van der Waals surface area contributed by atoms with Gasteiger partial charge < -0.3 is 4.98 Å². The van der Waals surface area contributed by atoms with Gasteiger partial charge >= 0.3 is 0 Å². The van der Waals surface area contributed by atoms with Gasteiger partial charge in [-0.3, -0.25) is 9.59 Å². The third kappa shape index (κ3) is 2.88. The predicted octanol–water partition coefficient (Wildman–Crippen LogP) is 3.20. The Balaban J connectivity index is 1.83. The molecule has 26 heavy (non-hydrogen) atoms. The molecule has 0 aliphatic rings. The highest BCUT2D eigenvalue weighted by Gasteiger charge is 2.33. The summed E-state index contributed by atoms with van der Waals surface area (Å²) in [4.78, 5) is 41.6. The van der Waals surface area contributed by atoms with Crippen LogP contribution in [-0.2, 0) is 0 Å². The van der Waals surface area contributed by atoms with Gasteiger partial charge in [0.1, 0.15) is 23.6 Å². The van der Waals surface area contributed by atoms with Gasteiger partial charge in [0.15, 0.2) is 17.2 Å². The molecule has 0 aliphatic carbocycles. The molecule has 126 valence electrons. The molecule has 0 bridgehead atoms. The Bertz CT molecular complexity index is 990. The van der Waals surface area contributed by atoms with Crippen LogP contribution in [0.3, 0.4) is 0 Å². The zero-order valence-electron chi connectivity index (χ0n) is 13.7. The number of nitrogens with zero attached hydrogens (tertiary/aromatic N) is 3. The fourth-order valence-corrected chi connectivity index (χ4v) is 2.82. The molecule has 4 rings (SSSR count). The fourth-order valence-electron chi connectivity index (χ4n) is 2.82. The summed E-state index contributed by atoms with van der Waals surface area (Å²) in [5, 5.41) is 0. The minimum Gasteiger partial charge on any atom is -0.338 e. The normalized spacial score (nSPS) is 11.0.